The number of hydrogen-bond acceptors (Lipinski definition) is 1. The molecule has 1 aromatic carbocycles. The zero-order chi connectivity index (χ0) is 8.69. The average molecular weight is 168 g/mol. The standard InChI is InChI=1S/C7H8N2.CH5P/c8-7(9)6-4-2-1-3-5-6;1-2/h1-5H,(H3,8,9);2H2,1H3. The van der Waals surface area contributed by atoms with Crippen LogP contribution in [0.4, 0.5) is 0 Å². The first-order chi connectivity index (χ1) is 5.30. The highest BCUT2D eigenvalue weighted by molar-refractivity contribution is 7.15. The van der Waals surface area contributed by atoms with Gasteiger partial charge in [-0.25, -0.2) is 0 Å². The van der Waals surface area contributed by atoms with Gasteiger partial charge >= 0.3 is 0 Å². The molecule has 0 aliphatic carbocycles. The third kappa shape index (κ3) is 3.74. The minimum Gasteiger partial charge on any atom is -0.384 e. The van der Waals surface area contributed by atoms with Crippen molar-refractivity contribution in [1.82, 2.24) is 0 Å². The van der Waals surface area contributed by atoms with Gasteiger partial charge in [0.05, 0.1) is 0 Å². The summed E-state index contributed by atoms with van der Waals surface area (Å²) in [6.45, 7) is 1.92. The summed E-state index contributed by atoms with van der Waals surface area (Å²) >= 11 is 0. The summed E-state index contributed by atoms with van der Waals surface area (Å²) in [5.41, 5.74) is 5.97. The van der Waals surface area contributed by atoms with E-state index in [1.54, 1.807) is 0 Å². The molecule has 0 amide bonds. The number of nitrogens with one attached hydrogen (secondary N) is 1. The molecule has 0 bridgehead atoms. The number of rotatable bonds is 1. The van der Waals surface area contributed by atoms with Crippen molar-refractivity contribution < 1.29 is 0 Å². The van der Waals surface area contributed by atoms with Gasteiger partial charge in [-0.05, 0) is 0 Å². The van der Waals surface area contributed by atoms with Gasteiger partial charge in [0.15, 0.2) is 0 Å². The van der Waals surface area contributed by atoms with Crippen LogP contribution < -0.4 is 5.73 Å². The van der Waals surface area contributed by atoms with Crippen LogP contribution in [-0.2, 0) is 0 Å². The van der Waals surface area contributed by atoms with Gasteiger partial charge in [0.1, 0.15) is 5.84 Å². The summed E-state index contributed by atoms with van der Waals surface area (Å²) in [7, 11) is 2.42. The molecule has 0 aliphatic heterocycles. The molecule has 1 rings (SSSR count). The second kappa shape index (κ2) is 5.87. The molecule has 0 aromatic heterocycles. The summed E-state index contributed by atoms with van der Waals surface area (Å²) in [5.74, 6) is 0.121. The molecular formula is C8H13N2P. The summed E-state index contributed by atoms with van der Waals surface area (Å²) in [6, 6.07) is 9.23. The van der Waals surface area contributed by atoms with Crippen LogP contribution in [0.25, 0.3) is 0 Å². The number of amidine groups is 1. The highest BCUT2D eigenvalue weighted by atomic mass is 31.0. The molecule has 0 aliphatic rings. The number of hydrogen-bond donors (Lipinski definition) is 2. The first kappa shape index (κ1) is 10.1. The van der Waals surface area contributed by atoms with E-state index in [2.05, 4.69) is 9.24 Å². The van der Waals surface area contributed by atoms with E-state index in [1.807, 2.05) is 37.0 Å². The maximum Gasteiger partial charge on any atom is 0.122 e. The molecule has 0 fully saturated rings. The second-order valence-corrected chi connectivity index (χ2v) is 1.78. The van der Waals surface area contributed by atoms with Crippen molar-refractivity contribution in [3.05, 3.63) is 35.9 Å². The lowest BCUT2D eigenvalue weighted by atomic mass is 10.2. The Morgan fingerprint density at radius 1 is 1.27 bits per heavy atom. The quantitative estimate of drug-likeness (QED) is 0.372. The summed E-state index contributed by atoms with van der Waals surface area (Å²) in [6.07, 6.45) is 0. The fraction of sp³-hybridized carbons (Fsp3) is 0.125. The molecule has 11 heavy (non-hydrogen) atoms. The molecule has 3 N–H and O–H groups in total. The number of nitrogen functional groups attached to an aromatic ring is 1. The Bertz CT molecular complexity index is 209. The van der Waals surface area contributed by atoms with E-state index in [4.69, 9.17) is 11.1 Å². The van der Waals surface area contributed by atoms with Gasteiger partial charge in [0.25, 0.3) is 0 Å². The zero-order valence-corrected chi connectivity index (χ0v) is 7.70. The predicted octanol–water partition coefficient (Wildman–Crippen LogP) is 1.46. The third-order valence-corrected chi connectivity index (χ3v) is 1.08. The fourth-order valence-electron chi connectivity index (χ4n) is 0.618. The SMILES string of the molecule is CP.N=C(N)c1ccccc1. The lowest BCUT2D eigenvalue weighted by Gasteiger charge is -1.93. The van der Waals surface area contributed by atoms with E-state index in [0.29, 0.717) is 0 Å². The minimum atomic E-state index is 0.121. The van der Waals surface area contributed by atoms with E-state index in [-0.39, 0.29) is 5.84 Å². The summed E-state index contributed by atoms with van der Waals surface area (Å²) in [4.78, 5) is 0. The maximum atomic E-state index is 7.01. The largest absolute Gasteiger partial charge is 0.384 e. The van der Waals surface area contributed by atoms with Gasteiger partial charge in [0, 0.05) is 5.56 Å². The molecule has 1 atom stereocenters. The van der Waals surface area contributed by atoms with Gasteiger partial charge in [0.2, 0.25) is 0 Å². The zero-order valence-electron chi connectivity index (χ0n) is 6.54. The molecular weight excluding hydrogens is 155 g/mol. The normalized spacial score (nSPS) is 7.82. The molecule has 60 valence electrons. The highest BCUT2D eigenvalue weighted by Crippen LogP contribution is 1.94. The van der Waals surface area contributed by atoms with Crippen molar-refractivity contribution in [1.29, 1.82) is 5.41 Å². The minimum absolute atomic E-state index is 0.121. The maximum absolute atomic E-state index is 7.01. The Labute approximate surface area is 69.5 Å². The molecule has 1 unspecified atom stereocenters. The molecule has 1 aromatic rings. The average Bonchev–Trinajstić information content (AvgIpc) is 2.10. The van der Waals surface area contributed by atoms with Crippen LogP contribution >= 0.6 is 9.24 Å². The van der Waals surface area contributed by atoms with Gasteiger partial charge in [-0.1, -0.05) is 37.0 Å². The Morgan fingerprint density at radius 2 is 1.73 bits per heavy atom. The molecule has 3 heteroatoms. The van der Waals surface area contributed by atoms with Crippen LogP contribution in [-0.4, -0.2) is 12.5 Å². The molecule has 2 nitrogen and oxygen atoms in total. The van der Waals surface area contributed by atoms with Crippen molar-refractivity contribution in [2.45, 2.75) is 0 Å². The van der Waals surface area contributed by atoms with Gasteiger partial charge in [-0.15, -0.1) is 9.24 Å². The van der Waals surface area contributed by atoms with Crippen LogP contribution in [0.2, 0.25) is 0 Å². The smallest absolute Gasteiger partial charge is 0.122 e. The monoisotopic (exact) mass is 168 g/mol. The van der Waals surface area contributed by atoms with Crippen LogP contribution in [0, 0.1) is 5.41 Å². The molecule has 0 saturated carbocycles. The Balaban J connectivity index is 0.000000461. The first-order valence-corrected chi connectivity index (χ1v) is 4.43. The van der Waals surface area contributed by atoms with Crippen molar-refractivity contribution >= 4 is 15.1 Å². The topological polar surface area (TPSA) is 49.9 Å². The lowest BCUT2D eigenvalue weighted by Crippen LogP contribution is -2.10. The third-order valence-electron chi connectivity index (χ3n) is 1.08. The van der Waals surface area contributed by atoms with Crippen molar-refractivity contribution in [2.24, 2.45) is 5.73 Å². The van der Waals surface area contributed by atoms with E-state index < -0.39 is 0 Å². The van der Waals surface area contributed by atoms with Crippen molar-refractivity contribution in [3.8, 4) is 0 Å². The van der Waals surface area contributed by atoms with Crippen LogP contribution in [0.5, 0.6) is 0 Å². The predicted molar refractivity (Wildman–Crippen MR) is 53.1 cm³/mol. The molecule has 0 spiro atoms. The lowest BCUT2D eigenvalue weighted by molar-refractivity contribution is 1.42. The number of nitrogens with two attached hydrogens (primary N) is 1. The van der Waals surface area contributed by atoms with E-state index in [0.717, 1.165) is 5.56 Å². The Kier molecular flexibility index (Phi) is 5.40. The van der Waals surface area contributed by atoms with Gasteiger partial charge < -0.3 is 5.73 Å². The Hall–Kier alpha value is -0.880. The summed E-state index contributed by atoms with van der Waals surface area (Å²) in [5, 5.41) is 7.01. The number of benzene rings is 1. The summed E-state index contributed by atoms with van der Waals surface area (Å²) < 4.78 is 0. The van der Waals surface area contributed by atoms with E-state index in [1.165, 1.54) is 0 Å². The molecule has 0 heterocycles. The molecule has 0 saturated heterocycles. The fourth-order valence-corrected chi connectivity index (χ4v) is 0.618. The second-order valence-electron chi connectivity index (χ2n) is 1.78. The van der Waals surface area contributed by atoms with Crippen molar-refractivity contribution in [3.63, 3.8) is 0 Å². The Morgan fingerprint density at radius 3 is 2.00 bits per heavy atom. The van der Waals surface area contributed by atoms with Crippen molar-refractivity contribution in [2.75, 3.05) is 6.66 Å². The van der Waals surface area contributed by atoms with E-state index in [9.17, 15) is 0 Å². The van der Waals surface area contributed by atoms with Gasteiger partial charge in [-0.2, -0.15) is 0 Å². The van der Waals surface area contributed by atoms with Gasteiger partial charge in [-0.3, -0.25) is 5.41 Å². The van der Waals surface area contributed by atoms with E-state index >= 15 is 0 Å². The van der Waals surface area contributed by atoms with Crippen LogP contribution in [0.3, 0.4) is 0 Å². The first-order valence-electron chi connectivity index (χ1n) is 3.28. The highest BCUT2D eigenvalue weighted by Gasteiger charge is 1.89. The molecule has 0 radical (unpaired) electrons. The van der Waals surface area contributed by atoms with Crippen LogP contribution in [0.1, 0.15) is 5.56 Å². The van der Waals surface area contributed by atoms with Crippen LogP contribution in [0.15, 0.2) is 30.3 Å².